The molecular weight excluding hydrogens is 284 g/mol. The van der Waals surface area contributed by atoms with Crippen molar-refractivity contribution >= 4 is 17.7 Å². The van der Waals surface area contributed by atoms with Gasteiger partial charge in [-0.1, -0.05) is 26.2 Å². The van der Waals surface area contributed by atoms with Crippen LogP contribution in [0.3, 0.4) is 0 Å². The number of esters is 2. The highest BCUT2D eigenvalue weighted by atomic mass is 16.6. The third-order valence-electron chi connectivity index (χ3n) is 5.10. The summed E-state index contributed by atoms with van der Waals surface area (Å²) in [6, 6.07) is 0. The highest BCUT2D eigenvalue weighted by Gasteiger charge is 2.60. The minimum absolute atomic E-state index is 0.182. The normalized spacial score (nSPS) is 40.1. The van der Waals surface area contributed by atoms with Gasteiger partial charge in [-0.05, 0) is 12.5 Å². The van der Waals surface area contributed by atoms with Gasteiger partial charge in [-0.2, -0.15) is 0 Å². The van der Waals surface area contributed by atoms with Gasteiger partial charge in [-0.25, -0.2) is 4.79 Å². The molecule has 2 fully saturated rings. The summed E-state index contributed by atoms with van der Waals surface area (Å²) in [4.78, 5) is 35.3. The molecule has 22 heavy (non-hydrogen) atoms. The van der Waals surface area contributed by atoms with E-state index in [1.165, 1.54) is 13.0 Å². The lowest BCUT2D eigenvalue weighted by Crippen LogP contribution is -2.55. The highest BCUT2D eigenvalue weighted by Crippen LogP contribution is 2.55. The number of carbonyl (C=O) groups is 3. The van der Waals surface area contributed by atoms with Crippen LogP contribution in [0.15, 0.2) is 36.5 Å². The third kappa shape index (κ3) is 1.88. The third-order valence-corrected chi connectivity index (χ3v) is 5.10. The van der Waals surface area contributed by atoms with Gasteiger partial charge in [0.05, 0.1) is 0 Å². The van der Waals surface area contributed by atoms with Crippen molar-refractivity contribution in [1.82, 2.24) is 0 Å². The second kappa shape index (κ2) is 4.66. The van der Waals surface area contributed by atoms with Crippen molar-refractivity contribution in [2.24, 2.45) is 17.3 Å². The zero-order valence-electron chi connectivity index (χ0n) is 12.6. The van der Waals surface area contributed by atoms with Crippen molar-refractivity contribution in [3.63, 3.8) is 0 Å². The van der Waals surface area contributed by atoms with Crippen LogP contribution in [-0.4, -0.2) is 29.9 Å². The molecule has 3 rings (SSSR count). The Morgan fingerprint density at radius 1 is 1.36 bits per heavy atom. The molecule has 0 spiro atoms. The van der Waals surface area contributed by atoms with Crippen LogP contribution in [0, 0.1) is 17.3 Å². The Hall–Kier alpha value is -2.17. The highest BCUT2D eigenvalue weighted by molar-refractivity contribution is 6.05. The van der Waals surface area contributed by atoms with E-state index >= 15 is 0 Å². The number of carbonyl (C=O) groups excluding carboxylic acids is 3. The predicted molar refractivity (Wildman–Crippen MR) is 77.6 cm³/mol. The van der Waals surface area contributed by atoms with E-state index in [-0.39, 0.29) is 11.7 Å². The second-order valence-electron chi connectivity index (χ2n) is 6.40. The molecule has 0 amide bonds. The monoisotopic (exact) mass is 302 g/mol. The average molecular weight is 302 g/mol. The lowest BCUT2D eigenvalue weighted by molar-refractivity contribution is -0.167. The van der Waals surface area contributed by atoms with E-state index in [0.717, 1.165) is 0 Å². The van der Waals surface area contributed by atoms with Crippen LogP contribution in [0.4, 0.5) is 0 Å². The van der Waals surface area contributed by atoms with Gasteiger partial charge in [-0.15, -0.1) is 0 Å². The number of hydrogen-bond donors (Lipinski definition) is 0. The number of ether oxygens (including phenoxy) is 2. The van der Waals surface area contributed by atoms with Gasteiger partial charge in [-0.3, -0.25) is 9.59 Å². The summed E-state index contributed by atoms with van der Waals surface area (Å²) in [6.45, 7) is 10.9. The van der Waals surface area contributed by atoms with Gasteiger partial charge in [0.25, 0.3) is 0 Å². The van der Waals surface area contributed by atoms with Crippen LogP contribution in [-0.2, 0) is 23.9 Å². The lowest BCUT2D eigenvalue weighted by Gasteiger charge is -2.50. The van der Waals surface area contributed by atoms with Crippen molar-refractivity contribution in [3.8, 4) is 0 Å². The smallest absolute Gasteiger partial charge is 0.334 e. The molecule has 5 heteroatoms. The van der Waals surface area contributed by atoms with E-state index in [1.807, 2.05) is 6.92 Å². The van der Waals surface area contributed by atoms with E-state index < -0.39 is 35.5 Å². The minimum Gasteiger partial charge on any atom is -0.462 e. The number of allylic oxidation sites excluding steroid dienone is 1. The first-order valence-corrected chi connectivity index (χ1v) is 7.25. The van der Waals surface area contributed by atoms with Crippen molar-refractivity contribution in [1.29, 1.82) is 0 Å². The van der Waals surface area contributed by atoms with Gasteiger partial charge in [0.2, 0.25) is 0 Å². The zero-order valence-corrected chi connectivity index (χ0v) is 12.6. The quantitative estimate of drug-likeness (QED) is 0.545. The summed E-state index contributed by atoms with van der Waals surface area (Å²) in [5.41, 5.74) is 0.140. The molecule has 0 N–H and O–H groups in total. The Morgan fingerprint density at radius 2 is 2.05 bits per heavy atom. The molecule has 0 unspecified atom stereocenters. The molecule has 1 heterocycles. The van der Waals surface area contributed by atoms with Gasteiger partial charge < -0.3 is 9.47 Å². The first-order chi connectivity index (χ1) is 10.3. The van der Waals surface area contributed by atoms with Crippen molar-refractivity contribution in [2.75, 3.05) is 0 Å². The fourth-order valence-electron chi connectivity index (χ4n) is 3.92. The second-order valence-corrected chi connectivity index (χ2v) is 6.40. The number of hydrogen-bond acceptors (Lipinski definition) is 5. The van der Waals surface area contributed by atoms with E-state index in [4.69, 9.17) is 9.47 Å². The lowest BCUT2D eigenvalue weighted by atomic mass is 9.56. The summed E-state index contributed by atoms with van der Waals surface area (Å²) in [7, 11) is 0. The van der Waals surface area contributed by atoms with E-state index in [0.29, 0.717) is 17.6 Å². The fraction of sp³-hybridized carbons (Fsp3) is 0.471. The molecule has 1 saturated carbocycles. The van der Waals surface area contributed by atoms with Crippen LogP contribution in [0.1, 0.15) is 20.3 Å². The maximum Gasteiger partial charge on any atom is 0.334 e. The molecule has 1 saturated heterocycles. The number of rotatable bonds is 1. The van der Waals surface area contributed by atoms with Crippen LogP contribution < -0.4 is 0 Å². The standard InChI is InChI=1S/C17H18O5/c1-8-11-7-13(21-10(3)18)17(4)6-5-12(19)9(2)14(17)15(11)22-16(8)20/h5-6,11,13-15H,1-2,7H2,3-4H3/t11-,13-,14-,15-,17+/m0/s1. The molecule has 2 aliphatic carbocycles. The molecule has 0 aromatic heterocycles. The summed E-state index contributed by atoms with van der Waals surface area (Å²) < 4.78 is 10.9. The van der Waals surface area contributed by atoms with Crippen molar-refractivity contribution in [3.05, 3.63) is 36.5 Å². The number of ketones is 1. The zero-order chi connectivity index (χ0) is 16.2. The van der Waals surface area contributed by atoms with Crippen LogP contribution in [0.5, 0.6) is 0 Å². The maximum absolute atomic E-state index is 12.0. The first kappa shape index (κ1) is 14.8. The van der Waals surface area contributed by atoms with E-state index in [9.17, 15) is 14.4 Å². The molecule has 0 radical (unpaired) electrons. The topological polar surface area (TPSA) is 69.7 Å². The van der Waals surface area contributed by atoms with Gasteiger partial charge in [0.15, 0.2) is 5.78 Å². The van der Waals surface area contributed by atoms with Gasteiger partial charge in [0, 0.05) is 35.3 Å². The van der Waals surface area contributed by atoms with E-state index in [2.05, 4.69) is 13.2 Å². The minimum atomic E-state index is -0.622. The molecule has 5 atom stereocenters. The molecule has 1 aliphatic heterocycles. The maximum atomic E-state index is 12.0. The largest absolute Gasteiger partial charge is 0.462 e. The van der Waals surface area contributed by atoms with Crippen LogP contribution in [0.25, 0.3) is 0 Å². The summed E-state index contributed by atoms with van der Waals surface area (Å²) in [5.74, 6) is -1.69. The molecular formula is C17H18O5. The van der Waals surface area contributed by atoms with Crippen LogP contribution >= 0.6 is 0 Å². The molecule has 3 aliphatic rings. The SMILES string of the molecule is C=C1C(=O)O[C@H]2[C@H]1C[C@H](OC(C)=O)[C@@]1(C)C=CC(=O)C(=C)[C@@H]21. The van der Waals surface area contributed by atoms with Gasteiger partial charge >= 0.3 is 11.9 Å². The predicted octanol–water partition coefficient (Wildman–Crippen LogP) is 1.74. The average Bonchev–Trinajstić information content (AvgIpc) is 2.70. The molecule has 5 nitrogen and oxygen atoms in total. The molecule has 0 bridgehead atoms. The Balaban J connectivity index is 2.09. The van der Waals surface area contributed by atoms with Crippen molar-refractivity contribution < 1.29 is 23.9 Å². The summed E-state index contributed by atoms with van der Waals surface area (Å²) in [6.07, 6.45) is 2.74. The van der Waals surface area contributed by atoms with Gasteiger partial charge in [0.1, 0.15) is 12.2 Å². The van der Waals surface area contributed by atoms with Crippen LogP contribution in [0.2, 0.25) is 0 Å². The molecule has 116 valence electrons. The Kier molecular flexibility index (Phi) is 3.13. The van der Waals surface area contributed by atoms with Crippen molar-refractivity contribution in [2.45, 2.75) is 32.5 Å². The molecule has 0 aromatic rings. The molecule has 0 aromatic carbocycles. The Morgan fingerprint density at radius 3 is 2.68 bits per heavy atom. The van der Waals surface area contributed by atoms with E-state index in [1.54, 1.807) is 6.08 Å². The Bertz CT molecular complexity index is 643. The number of fused-ring (bicyclic) bond motifs is 3. The first-order valence-electron chi connectivity index (χ1n) is 7.25. The Labute approximate surface area is 128 Å². The summed E-state index contributed by atoms with van der Waals surface area (Å²) >= 11 is 0. The summed E-state index contributed by atoms with van der Waals surface area (Å²) in [5, 5.41) is 0. The fourth-order valence-corrected chi connectivity index (χ4v) is 3.92.